The van der Waals surface area contributed by atoms with Crippen molar-refractivity contribution in [3.8, 4) is 17.2 Å². The largest absolute Gasteiger partial charge is 0.497 e. The summed E-state index contributed by atoms with van der Waals surface area (Å²) in [6.45, 7) is 0.721. The fraction of sp³-hybridized carbons (Fsp3) is 0.278. The molecule has 0 unspecified atom stereocenters. The van der Waals surface area contributed by atoms with Gasteiger partial charge in [-0.25, -0.2) is 0 Å². The van der Waals surface area contributed by atoms with E-state index in [1.54, 1.807) is 19.2 Å². The number of halogens is 1. The molecule has 0 aliphatic heterocycles. The summed E-state index contributed by atoms with van der Waals surface area (Å²) >= 11 is 6.05. The first kappa shape index (κ1) is 18.9. The van der Waals surface area contributed by atoms with Crippen molar-refractivity contribution in [3.05, 3.63) is 47.0 Å². The van der Waals surface area contributed by atoms with E-state index in [2.05, 4.69) is 10.6 Å². The number of hydrogen-bond donors (Lipinski definition) is 2. The third kappa shape index (κ3) is 5.27. The lowest BCUT2D eigenvalue weighted by Crippen LogP contribution is -2.27. The fourth-order valence-electron chi connectivity index (χ4n) is 2.22. The molecule has 0 atom stereocenters. The SMILES string of the molecule is COc1ccc(CNCC(=O)Nc2cc(OC)c(Cl)cc2OC)cc1. The quantitative estimate of drug-likeness (QED) is 0.753. The average molecular weight is 365 g/mol. The molecule has 25 heavy (non-hydrogen) atoms. The summed E-state index contributed by atoms with van der Waals surface area (Å²) in [5.74, 6) is 1.53. The van der Waals surface area contributed by atoms with Gasteiger partial charge in [-0.3, -0.25) is 4.79 Å². The van der Waals surface area contributed by atoms with E-state index in [4.69, 9.17) is 25.8 Å². The second-order valence-electron chi connectivity index (χ2n) is 5.19. The Morgan fingerprint density at radius 3 is 2.28 bits per heavy atom. The van der Waals surface area contributed by atoms with Crippen molar-refractivity contribution >= 4 is 23.2 Å². The Bertz CT molecular complexity index is 720. The molecule has 2 aromatic rings. The van der Waals surface area contributed by atoms with E-state index < -0.39 is 0 Å². The van der Waals surface area contributed by atoms with E-state index in [9.17, 15) is 4.79 Å². The van der Waals surface area contributed by atoms with Crippen LogP contribution in [0, 0.1) is 0 Å². The molecule has 0 bridgehead atoms. The molecule has 0 spiro atoms. The van der Waals surface area contributed by atoms with Crippen molar-refractivity contribution in [1.82, 2.24) is 5.32 Å². The van der Waals surface area contributed by atoms with Crippen LogP contribution in [0.3, 0.4) is 0 Å². The lowest BCUT2D eigenvalue weighted by Gasteiger charge is -2.13. The van der Waals surface area contributed by atoms with Gasteiger partial charge in [0.2, 0.25) is 5.91 Å². The summed E-state index contributed by atoms with van der Waals surface area (Å²) in [6, 6.07) is 10.9. The minimum Gasteiger partial charge on any atom is -0.497 e. The minimum absolute atomic E-state index is 0.153. The van der Waals surface area contributed by atoms with Crippen LogP contribution in [0.5, 0.6) is 17.2 Å². The van der Waals surface area contributed by atoms with Crippen LogP contribution in [0.1, 0.15) is 5.56 Å². The molecule has 7 heteroatoms. The van der Waals surface area contributed by atoms with Crippen LogP contribution in [0.15, 0.2) is 36.4 Å². The van der Waals surface area contributed by atoms with Gasteiger partial charge in [0.1, 0.15) is 17.2 Å². The summed E-state index contributed by atoms with van der Waals surface area (Å²) in [6.07, 6.45) is 0. The molecule has 0 saturated carbocycles. The number of nitrogens with one attached hydrogen (secondary N) is 2. The van der Waals surface area contributed by atoms with Crippen molar-refractivity contribution in [3.63, 3.8) is 0 Å². The zero-order valence-corrected chi connectivity index (χ0v) is 15.1. The summed E-state index contributed by atoms with van der Waals surface area (Å²) in [5.41, 5.74) is 1.55. The van der Waals surface area contributed by atoms with Gasteiger partial charge in [-0.1, -0.05) is 23.7 Å². The van der Waals surface area contributed by atoms with Crippen LogP contribution >= 0.6 is 11.6 Å². The molecular weight excluding hydrogens is 344 g/mol. The maximum atomic E-state index is 12.1. The predicted octanol–water partition coefficient (Wildman–Crippen LogP) is 3.09. The van der Waals surface area contributed by atoms with Gasteiger partial charge in [0.15, 0.2) is 0 Å². The molecular formula is C18H21ClN2O4. The molecule has 134 valence electrons. The number of benzene rings is 2. The number of methoxy groups -OCH3 is 3. The number of carbonyl (C=O) groups is 1. The van der Waals surface area contributed by atoms with Gasteiger partial charge in [-0.2, -0.15) is 0 Å². The molecule has 1 amide bonds. The van der Waals surface area contributed by atoms with Gasteiger partial charge >= 0.3 is 0 Å². The van der Waals surface area contributed by atoms with Crippen LogP contribution < -0.4 is 24.8 Å². The summed E-state index contributed by atoms with van der Waals surface area (Å²) in [5, 5.41) is 6.28. The van der Waals surface area contributed by atoms with Crippen molar-refractivity contribution in [2.75, 3.05) is 33.2 Å². The molecule has 6 nitrogen and oxygen atoms in total. The van der Waals surface area contributed by atoms with Crippen molar-refractivity contribution in [1.29, 1.82) is 0 Å². The molecule has 0 heterocycles. The van der Waals surface area contributed by atoms with Crippen molar-refractivity contribution in [2.24, 2.45) is 0 Å². The molecule has 2 rings (SSSR count). The highest BCUT2D eigenvalue weighted by Gasteiger charge is 2.12. The predicted molar refractivity (Wildman–Crippen MR) is 97.9 cm³/mol. The Labute approximate surface area is 152 Å². The fourth-order valence-corrected chi connectivity index (χ4v) is 2.45. The Balaban J connectivity index is 1.91. The molecule has 0 aliphatic rings. The van der Waals surface area contributed by atoms with Crippen LogP contribution in [0.25, 0.3) is 0 Å². The van der Waals surface area contributed by atoms with Crippen LogP contribution in [0.4, 0.5) is 5.69 Å². The Morgan fingerprint density at radius 2 is 1.68 bits per heavy atom. The van der Waals surface area contributed by atoms with Gasteiger partial charge in [-0.05, 0) is 17.7 Å². The highest BCUT2D eigenvalue weighted by molar-refractivity contribution is 6.32. The number of rotatable bonds is 8. The third-order valence-electron chi connectivity index (χ3n) is 3.52. The summed E-state index contributed by atoms with van der Waals surface area (Å²) in [7, 11) is 4.64. The Morgan fingerprint density at radius 1 is 1.00 bits per heavy atom. The second-order valence-corrected chi connectivity index (χ2v) is 5.59. The third-order valence-corrected chi connectivity index (χ3v) is 3.82. The minimum atomic E-state index is -0.198. The van der Waals surface area contributed by atoms with E-state index in [1.165, 1.54) is 14.2 Å². The van der Waals surface area contributed by atoms with Gasteiger partial charge in [0.25, 0.3) is 0 Å². The molecule has 0 aromatic heterocycles. The number of hydrogen-bond acceptors (Lipinski definition) is 5. The van der Waals surface area contributed by atoms with Gasteiger partial charge in [0, 0.05) is 18.7 Å². The smallest absolute Gasteiger partial charge is 0.238 e. The maximum Gasteiger partial charge on any atom is 0.238 e. The zero-order chi connectivity index (χ0) is 18.2. The standard InChI is InChI=1S/C18H21ClN2O4/c1-23-13-6-4-12(5-7-13)10-20-11-18(22)21-15-9-16(24-2)14(19)8-17(15)25-3/h4-9,20H,10-11H2,1-3H3,(H,21,22). The second kappa shape index (κ2) is 9.15. The van der Waals surface area contributed by atoms with Gasteiger partial charge in [-0.15, -0.1) is 0 Å². The van der Waals surface area contributed by atoms with E-state index >= 15 is 0 Å². The van der Waals surface area contributed by atoms with Crippen LogP contribution in [0.2, 0.25) is 5.02 Å². The molecule has 0 fully saturated rings. The maximum absolute atomic E-state index is 12.1. The van der Waals surface area contributed by atoms with Crippen molar-refractivity contribution < 1.29 is 19.0 Å². The highest BCUT2D eigenvalue weighted by atomic mass is 35.5. The highest BCUT2D eigenvalue weighted by Crippen LogP contribution is 2.35. The summed E-state index contributed by atoms with van der Waals surface area (Å²) in [4.78, 5) is 12.1. The van der Waals surface area contributed by atoms with E-state index in [0.29, 0.717) is 28.8 Å². The summed E-state index contributed by atoms with van der Waals surface area (Å²) < 4.78 is 15.5. The molecule has 0 aliphatic carbocycles. The lowest BCUT2D eigenvalue weighted by molar-refractivity contribution is -0.115. The number of ether oxygens (including phenoxy) is 3. The van der Waals surface area contributed by atoms with Crippen LogP contribution in [-0.4, -0.2) is 33.8 Å². The van der Waals surface area contributed by atoms with E-state index in [1.807, 2.05) is 24.3 Å². The van der Waals surface area contributed by atoms with E-state index in [0.717, 1.165) is 11.3 Å². The molecule has 2 N–H and O–H groups in total. The van der Waals surface area contributed by atoms with Crippen molar-refractivity contribution in [2.45, 2.75) is 6.54 Å². The first-order valence-corrected chi connectivity index (χ1v) is 8.00. The zero-order valence-electron chi connectivity index (χ0n) is 14.4. The van der Waals surface area contributed by atoms with Gasteiger partial charge < -0.3 is 24.8 Å². The molecule has 0 radical (unpaired) electrons. The lowest BCUT2D eigenvalue weighted by atomic mass is 10.2. The Kier molecular flexibility index (Phi) is 6.91. The first-order valence-electron chi connectivity index (χ1n) is 7.62. The number of amides is 1. The monoisotopic (exact) mass is 364 g/mol. The van der Waals surface area contributed by atoms with E-state index in [-0.39, 0.29) is 12.5 Å². The Hall–Kier alpha value is -2.44. The number of carbonyl (C=O) groups excluding carboxylic acids is 1. The topological polar surface area (TPSA) is 68.8 Å². The average Bonchev–Trinajstić information content (AvgIpc) is 2.63. The molecule has 2 aromatic carbocycles. The van der Waals surface area contributed by atoms with Gasteiger partial charge in [0.05, 0.1) is 38.6 Å². The van der Waals surface area contributed by atoms with Crippen LogP contribution in [-0.2, 0) is 11.3 Å². The number of anilines is 1. The first-order chi connectivity index (χ1) is 12.1. The molecule has 0 saturated heterocycles. The normalized spacial score (nSPS) is 10.2.